The first-order chi connectivity index (χ1) is 8.57. The highest BCUT2D eigenvalue weighted by Gasteiger charge is 2.21. The number of nitrogens with one attached hydrogen (secondary N) is 1. The van der Waals surface area contributed by atoms with Crippen molar-refractivity contribution in [2.24, 2.45) is 0 Å². The van der Waals surface area contributed by atoms with E-state index in [1.165, 1.54) is 0 Å². The number of hydrogen-bond acceptors (Lipinski definition) is 3. The number of aromatic nitrogens is 2. The lowest BCUT2D eigenvalue weighted by atomic mass is 10.0. The minimum atomic E-state index is 0.0907. The molecule has 0 radical (unpaired) electrons. The predicted octanol–water partition coefficient (Wildman–Crippen LogP) is 2.52. The smallest absolute Gasteiger partial charge is 0.162 e. The first-order valence-corrected chi connectivity index (χ1v) is 6.28. The van der Waals surface area contributed by atoms with Crippen molar-refractivity contribution in [3.05, 3.63) is 35.2 Å². The van der Waals surface area contributed by atoms with E-state index in [4.69, 9.17) is 0 Å². The van der Waals surface area contributed by atoms with Crippen LogP contribution in [0.5, 0.6) is 0 Å². The number of carbonyl (C=O) groups is 1. The molecule has 0 aliphatic carbocycles. The summed E-state index contributed by atoms with van der Waals surface area (Å²) in [6, 6.07) is 3.98. The van der Waals surface area contributed by atoms with Gasteiger partial charge in [-0.2, -0.15) is 5.10 Å². The molecule has 1 unspecified atom stereocenters. The number of rotatable bonds is 4. The zero-order valence-corrected chi connectivity index (χ0v) is 11.3. The molecule has 18 heavy (non-hydrogen) atoms. The largest absolute Gasteiger partial charge is 0.309 e. The lowest BCUT2D eigenvalue weighted by Crippen LogP contribution is -2.20. The third kappa shape index (κ3) is 1.93. The van der Waals surface area contributed by atoms with Crippen LogP contribution in [0.1, 0.15) is 48.4 Å². The molecule has 96 valence electrons. The molecule has 0 saturated heterocycles. The Morgan fingerprint density at radius 3 is 2.89 bits per heavy atom. The molecular weight excluding hydrogens is 226 g/mol. The average Bonchev–Trinajstić information content (AvgIpc) is 2.61. The van der Waals surface area contributed by atoms with Crippen molar-refractivity contribution in [2.45, 2.75) is 33.7 Å². The van der Waals surface area contributed by atoms with Gasteiger partial charge in [-0.05, 0) is 45.0 Å². The second kappa shape index (κ2) is 4.90. The van der Waals surface area contributed by atoms with Crippen LogP contribution in [0.3, 0.4) is 0 Å². The highest BCUT2D eigenvalue weighted by Crippen LogP contribution is 2.27. The molecule has 1 N–H and O–H groups in total. The fourth-order valence-electron chi connectivity index (χ4n) is 2.59. The second-order valence-electron chi connectivity index (χ2n) is 4.54. The Balaban J connectivity index is 2.73. The summed E-state index contributed by atoms with van der Waals surface area (Å²) < 4.78 is 1.87. The van der Waals surface area contributed by atoms with Gasteiger partial charge in [0, 0.05) is 17.8 Å². The Kier molecular flexibility index (Phi) is 3.48. The predicted molar refractivity (Wildman–Crippen MR) is 72.0 cm³/mol. The molecule has 0 saturated carbocycles. The molecule has 0 spiro atoms. The number of carbonyl (C=O) groups excluding carboxylic acids is 1. The SMILES string of the molecule is CCNC(C)c1c(C)c(C(C)=O)c2cccnn12. The Morgan fingerprint density at radius 1 is 1.56 bits per heavy atom. The molecule has 2 heterocycles. The summed E-state index contributed by atoms with van der Waals surface area (Å²) in [5.41, 5.74) is 3.76. The van der Waals surface area contributed by atoms with Crippen molar-refractivity contribution < 1.29 is 4.79 Å². The maximum absolute atomic E-state index is 11.8. The zero-order chi connectivity index (χ0) is 13.3. The molecule has 0 fully saturated rings. The van der Waals surface area contributed by atoms with E-state index in [1.807, 2.05) is 23.6 Å². The first kappa shape index (κ1) is 12.8. The van der Waals surface area contributed by atoms with Crippen molar-refractivity contribution >= 4 is 11.3 Å². The second-order valence-corrected chi connectivity index (χ2v) is 4.54. The van der Waals surface area contributed by atoms with Crippen LogP contribution in [0.15, 0.2) is 18.3 Å². The Labute approximate surface area is 107 Å². The molecule has 2 rings (SSSR count). The van der Waals surface area contributed by atoms with Crippen molar-refractivity contribution in [1.82, 2.24) is 14.9 Å². The van der Waals surface area contributed by atoms with Gasteiger partial charge >= 0.3 is 0 Å². The molecule has 0 aliphatic rings. The summed E-state index contributed by atoms with van der Waals surface area (Å²) in [4.78, 5) is 11.8. The van der Waals surface area contributed by atoms with Crippen LogP contribution in [0.2, 0.25) is 0 Å². The van der Waals surface area contributed by atoms with Crippen molar-refractivity contribution in [1.29, 1.82) is 0 Å². The highest BCUT2D eigenvalue weighted by molar-refractivity contribution is 6.02. The van der Waals surface area contributed by atoms with Gasteiger partial charge in [0.1, 0.15) is 0 Å². The van der Waals surface area contributed by atoms with Crippen LogP contribution in [0.4, 0.5) is 0 Å². The van der Waals surface area contributed by atoms with Crippen LogP contribution < -0.4 is 5.32 Å². The zero-order valence-electron chi connectivity index (χ0n) is 11.3. The van der Waals surface area contributed by atoms with Gasteiger partial charge in [0.05, 0.1) is 11.2 Å². The maximum atomic E-state index is 11.8. The summed E-state index contributed by atoms with van der Waals surface area (Å²) >= 11 is 0. The van der Waals surface area contributed by atoms with E-state index in [2.05, 4.69) is 24.3 Å². The van der Waals surface area contributed by atoms with Crippen molar-refractivity contribution in [3.8, 4) is 0 Å². The molecule has 0 bridgehead atoms. The highest BCUT2D eigenvalue weighted by atomic mass is 16.1. The molecule has 0 amide bonds. The van der Waals surface area contributed by atoms with Gasteiger partial charge in [0.2, 0.25) is 0 Å². The van der Waals surface area contributed by atoms with Gasteiger partial charge < -0.3 is 5.32 Å². The van der Waals surface area contributed by atoms with Crippen LogP contribution in [-0.4, -0.2) is 21.9 Å². The van der Waals surface area contributed by atoms with Crippen LogP contribution in [0, 0.1) is 6.92 Å². The van der Waals surface area contributed by atoms with Gasteiger partial charge in [0.25, 0.3) is 0 Å². The minimum Gasteiger partial charge on any atom is -0.309 e. The topological polar surface area (TPSA) is 46.4 Å². The number of hydrogen-bond donors (Lipinski definition) is 1. The molecule has 0 aliphatic heterocycles. The third-order valence-corrected chi connectivity index (χ3v) is 3.27. The summed E-state index contributed by atoms with van der Waals surface area (Å²) in [6.45, 7) is 8.65. The van der Waals surface area contributed by atoms with E-state index in [1.54, 1.807) is 13.1 Å². The van der Waals surface area contributed by atoms with E-state index in [0.717, 1.165) is 28.9 Å². The summed E-state index contributed by atoms with van der Waals surface area (Å²) in [5.74, 6) is 0.0907. The number of Topliss-reactive ketones (excluding diaryl/α,β-unsaturated/α-hetero) is 1. The van der Waals surface area contributed by atoms with E-state index >= 15 is 0 Å². The fourth-order valence-corrected chi connectivity index (χ4v) is 2.59. The fraction of sp³-hybridized carbons (Fsp3) is 0.429. The molecule has 4 nitrogen and oxygen atoms in total. The summed E-state index contributed by atoms with van der Waals surface area (Å²) in [6.07, 6.45) is 1.75. The number of fused-ring (bicyclic) bond motifs is 1. The van der Waals surface area contributed by atoms with Crippen LogP contribution >= 0.6 is 0 Å². The maximum Gasteiger partial charge on any atom is 0.162 e. The molecule has 0 aromatic carbocycles. The molecule has 2 aromatic rings. The Morgan fingerprint density at radius 2 is 2.28 bits per heavy atom. The lowest BCUT2D eigenvalue weighted by molar-refractivity contribution is 0.101. The summed E-state index contributed by atoms with van der Waals surface area (Å²) in [5, 5.41) is 7.75. The van der Waals surface area contributed by atoms with E-state index in [9.17, 15) is 4.79 Å². The molecule has 2 aromatic heterocycles. The van der Waals surface area contributed by atoms with Crippen LogP contribution in [-0.2, 0) is 0 Å². The number of nitrogens with zero attached hydrogens (tertiary/aromatic N) is 2. The van der Waals surface area contributed by atoms with E-state index in [-0.39, 0.29) is 11.8 Å². The number of ketones is 1. The molecule has 1 atom stereocenters. The van der Waals surface area contributed by atoms with Crippen LogP contribution in [0.25, 0.3) is 5.52 Å². The van der Waals surface area contributed by atoms with Gasteiger partial charge in [-0.1, -0.05) is 6.92 Å². The van der Waals surface area contributed by atoms with Crippen molar-refractivity contribution in [2.75, 3.05) is 6.54 Å². The summed E-state index contributed by atoms with van der Waals surface area (Å²) in [7, 11) is 0. The quantitative estimate of drug-likeness (QED) is 0.842. The van der Waals surface area contributed by atoms with Gasteiger partial charge in [0.15, 0.2) is 5.78 Å². The average molecular weight is 245 g/mol. The Bertz CT molecular complexity index is 586. The Hall–Kier alpha value is -1.68. The van der Waals surface area contributed by atoms with Gasteiger partial charge in [-0.15, -0.1) is 0 Å². The molecular formula is C14H19N3O. The van der Waals surface area contributed by atoms with Gasteiger partial charge in [-0.25, -0.2) is 4.52 Å². The minimum absolute atomic E-state index is 0.0907. The van der Waals surface area contributed by atoms with E-state index in [0.29, 0.717) is 0 Å². The third-order valence-electron chi connectivity index (χ3n) is 3.27. The molecule has 4 heteroatoms. The lowest BCUT2D eigenvalue weighted by Gasteiger charge is -2.13. The standard InChI is InChI=1S/C14H19N3O/c1-5-15-10(3)14-9(2)13(11(4)18)12-7-6-8-16-17(12)14/h6-8,10,15H,5H2,1-4H3. The normalized spacial score (nSPS) is 12.9. The van der Waals surface area contributed by atoms with Crippen molar-refractivity contribution in [3.63, 3.8) is 0 Å². The van der Waals surface area contributed by atoms with E-state index < -0.39 is 0 Å². The van der Waals surface area contributed by atoms with Gasteiger partial charge in [-0.3, -0.25) is 4.79 Å². The monoisotopic (exact) mass is 245 g/mol. The first-order valence-electron chi connectivity index (χ1n) is 6.28.